The fourth-order valence-corrected chi connectivity index (χ4v) is 2.48. The van der Waals surface area contributed by atoms with Gasteiger partial charge in [-0.3, -0.25) is 4.79 Å². The number of amides is 1. The highest BCUT2D eigenvalue weighted by molar-refractivity contribution is 6.02. The van der Waals surface area contributed by atoms with Gasteiger partial charge >= 0.3 is 0 Å². The third-order valence-electron chi connectivity index (χ3n) is 3.66. The summed E-state index contributed by atoms with van der Waals surface area (Å²) in [5, 5.41) is 9.82. The van der Waals surface area contributed by atoms with Gasteiger partial charge in [-0.1, -0.05) is 11.3 Å². The number of anilines is 1. The van der Waals surface area contributed by atoms with Crippen LogP contribution in [0.2, 0.25) is 0 Å². The van der Waals surface area contributed by atoms with Crippen LogP contribution >= 0.6 is 0 Å². The summed E-state index contributed by atoms with van der Waals surface area (Å²) in [6.07, 6.45) is 1.22. The summed E-state index contributed by atoms with van der Waals surface area (Å²) in [6.45, 7) is 3.22. The van der Waals surface area contributed by atoms with E-state index in [2.05, 4.69) is 15.6 Å². The van der Waals surface area contributed by atoms with E-state index in [0.29, 0.717) is 19.8 Å². The zero-order chi connectivity index (χ0) is 17.1. The molecule has 1 aromatic heterocycles. The Kier molecular flexibility index (Phi) is 4.81. The van der Waals surface area contributed by atoms with Gasteiger partial charge in [-0.2, -0.15) is 0 Å². The van der Waals surface area contributed by atoms with Crippen molar-refractivity contribution in [1.82, 2.24) is 15.0 Å². The predicted octanol–water partition coefficient (Wildman–Crippen LogP) is 1.78. The number of aromatic nitrogens is 3. The van der Waals surface area contributed by atoms with Crippen molar-refractivity contribution in [2.24, 2.45) is 0 Å². The van der Waals surface area contributed by atoms with Gasteiger partial charge in [0, 0.05) is 6.61 Å². The standard InChI is InChI=1S/C15H16F2N4O3/c1-2-24-13-8-23-7-12(13)21-6-11(19-20-21)15(22)18-14-9(16)4-3-5-10(14)17/h3-6,12-13H,2,7-8H2,1H3,(H,18,22). The second-order valence-corrected chi connectivity index (χ2v) is 5.23. The second kappa shape index (κ2) is 7.02. The fourth-order valence-electron chi connectivity index (χ4n) is 2.48. The van der Waals surface area contributed by atoms with Crippen LogP contribution in [0.3, 0.4) is 0 Å². The van der Waals surface area contributed by atoms with Crippen molar-refractivity contribution in [2.45, 2.75) is 19.1 Å². The number of carbonyl (C=O) groups excluding carboxylic acids is 1. The maximum Gasteiger partial charge on any atom is 0.277 e. The van der Waals surface area contributed by atoms with Crippen LogP contribution in [0, 0.1) is 11.6 Å². The average Bonchev–Trinajstić information content (AvgIpc) is 3.20. The number of para-hydroxylation sites is 1. The van der Waals surface area contributed by atoms with Crippen molar-refractivity contribution in [3.63, 3.8) is 0 Å². The van der Waals surface area contributed by atoms with Gasteiger partial charge in [-0.15, -0.1) is 5.10 Å². The number of ether oxygens (including phenoxy) is 2. The predicted molar refractivity (Wildman–Crippen MR) is 79.6 cm³/mol. The molecule has 1 aliphatic rings. The molecule has 7 nitrogen and oxygen atoms in total. The second-order valence-electron chi connectivity index (χ2n) is 5.23. The number of rotatable bonds is 5. The van der Waals surface area contributed by atoms with Gasteiger partial charge < -0.3 is 14.8 Å². The van der Waals surface area contributed by atoms with Crippen molar-refractivity contribution in [3.05, 3.63) is 41.7 Å². The van der Waals surface area contributed by atoms with Gasteiger partial charge in [0.25, 0.3) is 5.91 Å². The van der Waals surface area contributed by atoms with Crippen LogP contribution in [0.4, 0.5) is 14.5 Å². The topological polar surface area (TPSA) is 78.3 Å². The highest BCUT2D eigenvalue weighted by atomic mass is 19.1. The SMILES string of the molecule is CCOC1COCC1n1cc(C(=O)Nc2c(F)cccc2F)nn1. The summed E-state index contributed by atoms with van der Waals surface area (Å²) in [5.74, 6) is -2.48. The van der Waals surface area contributed by atoms with Crippen molar-refractivity contribution in [2.75, 3.05) is 25.1 Å². The van der Waals surface area contributed by atoms with Crippen LogP contribution in [0.1, 0.15) is 23.5 Å². The first-order valence-corrected chi connectivity index (χ1v) is 7.46. The van der Waals surface area contributed by atoms with Gasteiger partial charge in [-0.05, 0) is 19.1 Å². The number of hydrogen-bond donors (Lipinski definition) is 1. The lowest BCUT2D eigenvalue weighted by Gasteiger charge is -2.16. The van der Waals surface area contributed by atoms with E-state index in [-0.39, 0.29) is 17.8 Å². The molecule has 0 aliphatic carbocycles. The first-order chi connectivity index (χ1) is 11.6. The monoisotopic (exact) mass is 338 g/mol. The van der Waals surface area contributed by atoms with E-state index in [4.69, 9.17) is 9.47 Å². The molecule has 24 heavy (non-hydrogen) atoms. The Balaban J connectivity index is 1.74. The largest absolute Gasteiger partial charge is 0.376 e. The van der Waals surface area contributed by atoms with E-state index < -0.39 is 23.2 Å². The number of benzene rings is 1. The molecule has 0 bridgehead atoms. The molecule has 1 N–H and O–H groups in total. The fraction of sp³-hybridized carbons (Fsp3) is 0.400. The van der Waals surface area contributed by atoms with E-state index >= 15 is 0 Å². The molecular formula is C15H16F2N4O3. The van der Waals surface area contributed by atoms with E-state index in [1.54, 1.807) is 0 Å². The molecule has 2 unspecified atom stereocenters. The summed E-state index contributed by atoms with van der Waals surface area (Å²) in [5.41, 5.74) is -0.576. The Labute approximate surface area is 136 Å². The molecule has 1 fully saturated rings. The summed E-state index contributed by atoms with van der Waals surface area (Å²) in [6, 6.07) is 3.12. The Bertz CT molecular complexity index is 717. The number of carbonyl (C=O) groups is 1. The number of halogens is 2. The maximum absolute atomic E-state index is 13.6. The van der Waals surface area contributed by atoms with Crippen LogP contribution in [-0.2, 0) is 9.47 Å². The molecule has 0 spiro atoms. The molecule has 2 heterocycles. The number of hydrogen-bond acceptors (Lipinski definition) is 5. The van der Waals surface area contributed by atoms with Crippen molar-refractivity contribution in [3.8, 4) is 0 Å². The van der Waals surface area contributed by atoms with Crippen molar-refractivity contribution < 1.29 is 23.0 Å². The Hall–Kier alpha value is -2.39. The molecule has 9 heteroatoms. The highest BCUT2D eigenvalue weighted by Crippen LogP contribution is 2.22. The molecule has 1 amide bonds. The quantitative estimate of drug-likeness (QED) is 0.899. The average molecular weight is 338 g/mol. The van der Waals surface area contributed by atoms with E-state index in [1.165, 1.54) is 16.9 Å². The van der Waals surface area contributed by atoms with E-state index in [0.717, 1.165) is 12.1 Å². The van der Waals surface area contributed by atoms with Gasteiger partial charge in [0.15, 0.2) is 5.69 Å². The minimum absolute atomic E-state index is 0.0557. The Morgan fingerprint density at radius 3 is 2.88 bits per heavy atom. The van der Waals surface area contributed by atoms with E-state index in [1.807, 2.05) is 6.92 Å². The Morgan fingerprint density at radius 2 is 2.17 bits per heavy atom. The Morgan fingerprint density at radius 1 is 1.42 bits per heavy atom. The third kappa shape index (κ3) is 3.26. The first kappa shape index (κ1) is 16.5. The lowest BCUT2D eigenvalue weighted by molar-refractivity contribution is 0.0340. The highest BCUT2D eigenvalue weighted by Gasteiger charge is 2.31. The van der Waals surface area contributed by atoms with E-state index in [9.17, 15) is 13.6 Å². The zero-order valence-corrected chi connectivity index (χ0v) is 12.9. The summed E-state index contributed by atoms with van der Waals surface area (Å²) in [7, 11) is 0. The smallest absolute Gasteiger partial charge is 0.277 e. The summed E-state index contributed by atoms with van der Waals surface area (Å²) < 4.78 is 39.6. The minimum atomic E-state index is -0.864. The normalized spacial score (nSPS) is 20.3. The molecule has 1 aromatic carbocycles. The van der Waals surface area contributed by atoms with Crippen LogP contribution in [-0.4, -0.2) is 46.8 Å². The van der Waals surface area contributed by atoms with Crippen molar-refractivity contribution in [1.29, 1.82) is 0 Å². The summed E-state index contributed by atoms with van der Waals surface area (Å²) in [4.78, 5) is 12.1. The number of nitrogens with zero attached hydrogens (tertiary/aromatic N) is 3. The van der Waals surface area contributed by atoms with Gasteiger partial charge in [-0.25, -0.2) is 13.5 Å². The first-order valence-electron chi connectivity index (χ1n) is 7.46. The molecule has 128 valence electrons. The van der Waals surface area contributed by atoms with Gasteiger partial charge in [0.05, 0.1) is 19.4 Å². The van der Waals surface area contributed by atoms with Crippen LogP contribution in [0.5, 0.6) is 0 Å². The molecule has 2 atom stereocenters. The minimum Gasteiger partial charge on any atom is -0.376 e. The molecular weight excluding hydrogens is 322 g/mol. The molecule has 0 radical (unpaired) electrons. The van der Waals surface area contributed by atoms with Crippen LogP contribution < -0.4 is 5.32 Å². The van der Waals surface area contributed by atoms with Crippen molar-refractivity contribution >= 4 is 11.6 Å². The maximum atomic E-state index is 13.6. The van der Waals surface area contributed by atoms with Crippen LogP contribution in [0.15, 0.2) is 24.4 Å². The zero-order valence-electron chi connectivity index (χ0n) is 12.9. The number of nitrogens with one attached hydrogen (secondary N) is 1. The molecule has 1 saturated heterocycles. The van der Waals surface area contributed by atoms with Gasteiger partial charge in [0.1, 0.15) is 29.5 Å². The lowest BCUT2D eigenvalue weighted by Crippen LogP contribution is -2.26. The molecule has 0 saturated carbocycles. The molecule has 2 aromatic rings. The molecule has 1 aliphatic heterocycles. The van der Waals surface area contributed by atoms with Gasteiger partial charge in [0.2, 0.25) is 0 Å². The lowest BCUT2D eigenvalue weighted by atomic mass is 10.2. The third-order valence-corrected chi connectivity index (χ3v) is 3.66. The van der Waals surface area contributed by atoms with Crippen LogP contribution in [0.25, 0.3) is 0 Å². The summed E-state index contributed by atoms with van der Waals surface area (Å²) >= 11 is 0. The molecule has 3 rings (SSSR count).